The van der Waals surface area contributed by atoms with Gasteiger partial charge in [0.25, 0.3) is 0 Å². The smallest absolute Gasteiger partial charge is 0.488 e. The number of hydrogen-bond acceptors (Lipinski definition) is 5. The molecule has 116 valence electrons. The highest BCUT2D eigenvalue weighted by Crippen LogP contribution is 2.16. The standard InChI is InChI=1S/C15H24BNO4/c1-20-12-13-3-2-8-17(11-13)9-10-21-15-6-4-14(5-7-15)16(18)19/h4-7,13,18-19H,2-3,8-12H2,1H3. The molecule has 0 radical (unpaired) electrons. The summed E-state index contributed by atoms with van der Waals surface area (Å²) in [5.74, 6) is 1.39. The molecular formula is C15H24BNO4. The predicted molar refractivity (Wildman–Crippen MR) is 82.8 cm³/mol. The Balaban J connectivity index is 1.71. The molecule has 1 aliphatic rings. The first kappa shape index (κ1) is 16.3. The van der Waals surface area contributed by atoms with Crippen LogP contribution < -0.4 is 10.2 Å². The molecule has 2 rings (SSSR count). The van der Waals surface area contributed by atoms with E-state index >= 15 is 0 Å². The molecule has 1 fully saturated rings. The minimum absolute atomic E-state index is 0.473. The van der Waals surface area contributed by atoms with Crippen molar-refractivity contribution in [2.24, 2.45) is 5.92 Å². The first-order chi connectivity index (χ1) is 10.2. The van der Waals surface area contributed by atoms with Crippen LogP contribution in [0.2, 0.25) is 0 Å². The normalized spacial score (nSPS) is 19.5. The molecule has 1 heterocycles. The lowest BCUT2D eigenvalue weighted by atomic mass is 9.80. The second-order valence-corrected chi connectivity index (χ2v) is 5.56. The molecular weight excluding hydrogens is 269 g/mol. The molecule has 0 aromatic heterocycles. The quantitative estimate of drug-likeness (QED) is 0.698. The molecule has 1 saturated heterocycles. The molecule has 1 unspecified atom stereocenters. The number of rotatable bonds is 7. The van der Waals surface area contributed by atoms with E-state index < -0.39 is 7.12 Å². The topological polar surface area (TPSA) is 62.2 Å². The molecule has 21 heavy (non-hydrogen) atoms. The van der Waals surface area contributed by atoms with E-state index in [9.17, 15) is 0 Å². The van der Waals surface area contributed by atoms with E-state index in [1.54, 1.807) is 31.4 Å². The zero-order valence-corrected chi connectivity index (χ0v) is 12.6. The third-order valence-corrected chi connectivity index (χ3v) is 3.86. The van der Waals surface area contributed by atoms with E-state index in [0.717, 1.165) is 32.0 Å². The van der Waals surface area contributed by atoms with Crippen LogP contribution in [0.5, 0.6) is 5.75 Å². The zero-order chi connectivity index (χ0) is 15.1. The summed E-state index contributed by atoms with van der Waals surface area (Å²) < 4.78 is 10.9. The molecule has 6 heteroatoms. The number of benzene rings is 1. The fourth-order valence-corrected chi connectivity index (χ4v) is 2.75. The molecule has 5 nitrogen and oxygen atoms in total. The van der Waals surface area contributed by atoms with Crippen molar-refractivity contribution in [2.75, 3.05) is 40.0 Å². The lowest BCUT2D eigenvalue weighted by molar-refractivity contribution is 0.0832. The predicted octanol–water partition coefficient (Wildman–Crippen LogP) is 0.104. The Kier molecular flexibility index (Phi) is 6.51. The molecule has 1 atom stereocenters. The fraction of sp³-hybridized carbons (Fsp3) is 0.600. The maximum Gasteiger partial charge on any atom is 0.488 e. The number of piperidine rings is 1. The van der Waals surface area contributed by atoms with Crippen LogP contribution in [0.15, 0.2) is 24.3 Å². The van der Waals surface area contributed by atoms with Crippen LogP contribution in [0.3, 0.4) is 0 Å². The molecule has 0 spiro atoms. The Labute approximate surface area is 126 Å². The third-order valence-electron chi connectivity index (χ3n) is 3.86. The van der Waals surface area contributed by atoms with Gasteiger partial charge in [0.15, 0.2) is 0 Å². The summed E-state index contributed by atoms with van der Waals surface area (Å²) in [4.78, 5) is 2.42. The van der Waals surface area contributed by atoms with Gasteiger partial charge < -0.3 is 19.5 Å². The van der Waals surface area contributed by atoms with Gasteiger partial charge in [-0.3, -0.25) is 4.90 Å². The Morgan fingerprint density at radius 1 is 1.29 bits per heavy atom. The highest BCUT2D eigenvalue weighted by molar-refractivity contribution is 6.58. The first-order valence-corrected chi connectivity index (χ1v) is 7.49. The zero-order valence-electron chi connectivity index (χ0n) is 12.6. The lowest BCUT2D eigenvalue weighted by Crippen LogP contribution is -2.39. The van der Waals surface area contributed by atoms with Crippen molar-refractivity contribution in [3.8, 4) is 5.75 Å². The van der Waals surface area contributed by atoms with Crippen molar-refractivity contribution in [3.05, 3.63) is 24.3 Å². The van der Waals surface area contributed by atoms with Crippen LogP contribution >= 0.6 is 0 Å². The van der Waals surface area contributed by atoms with Gasteiger partial charge in [0.1, 0.15) is 12.4 Å². The molecule has 0 aliphatic carbocycles. The fourth-order valence-electron chi connectivity index (χ4n) is 2.75. The van der Waals surface area contributed by atoms with Gasteiger partial charge in [-0.25, -0.2) is 0 Å². The Hall–Kier alpha value is -1.08. The van der Waals surface area contributed by atoms with Gasteiger partial charge in [-0.05, 0) is 42.9 Å². The van der Waals surface area contributed by atoms with Crippen LogP contribution in [0, 0.1) is 5.92 Å². The van der Waals surface area contributed by atoms with Crippen molar-refractivity contribution in [1.82, 2.24) is 4.90 Å². The highest BCUT2D eigenvalue weighted by Gasteiger charge is 2.19. The van der Waals surface area contributed by atoms with Crippen molar-refractivity contribution in [1.29, 1.82) is 0 Å². The Bertz CT molecular complexity index is 411. The minimum atomic E-state index is -1.43. The molecule has 0 saturated carbocycles. The van der Waals surface area contributed by atoms with Crippen molar-refractivity contribution < 1.29 is 19.5 Å². The third kappa shape index (κ3) is 5.32. The monoisotopic (exact) mass is 293 g/mol. The summed E-state index contributed by atoms with van der Waals surface area (Å²) >= 11 is 0. The van der Waals surface area contributed by atoms with Gasteiger partial charge in [0.2, 0.25) is 0 Å². The molecule has 1 aromatic rings. The summed E-state index contributed by atoms with van der Waals surface area (Å²) in [7, 11) is 0.333. The molecule has 0 bridgehead atoms. The number of hydrogen-bond donors (Lipinski definition) is 2. The average Bonchev–Trinajstić information content (AvgIpc) is 2.48. The van der Waals surface area contributed by atoms with Crippen LogP contribution in [0.25, 0.3) is 0 Å². The number of methoxy groups -OCH3 is 1. The largest absolute Gasteiger partial charge is 0.492 e. The second-order valence-electron chi connectivity index (χ2n) is 5.56. The van der Waals surface area contributed by atoms with Gasteiger partial charge in [-0.1, -0.05) is 12.1 Å². The van der Waals surface area contributed by atoms with E-state index in [-0.39, 0.29) is 0 Å². The van der Waals surface area contributed by atoms with Crippen LogP contribution in [0.4, 0.5) is 0 Å². The summed E-state index contributed by atoms with van der Waals surface area (Å²) in [5.41, 5.74) is 0.473. The van der Waals surface area contributed by atoms with Gasteiger partial charge >= 0.3 is 7.12 Å². The van der Waals surface area contributed by atoms with Gasteiger partial charge in [0, 0.05) is 20.2 Å². The van der Waals surface area contributed by atoms with E-state index in [2.05, 4.69) is 4.90 Å². The van der Waals surface area contributed by atoms with Gasteiger partial charge in [0.05, 0.1) is 6.61 Å². The molecule has 2 N–H and O–H groups in total. The number of likely N-dealkylation sites (tertiary alicyclic amines) is 1. The van der Waals surface area contributed by atoms with Crippen LogP contribution in [-0.4, -0.2) is 62.0 Å². The van der Waals surface area contributed by atoms with Crippen molar-refractivity contribution in [3.63, 3.8) is 0 Å². The lowest BCUT2D eigenvalue weighted by Gasteiger charge is -2.32. The molecule has 0 amide bonds. The summed E-state index contributed by atoms with van der Waals surface area (Å²) in [5, 5.41) is 18.1. The first-order valence-electron chi connectivity index (χ1n) is 7.49. The van der Waals surface area contributed by atoms with Crippen molar-refractivity contribution in [2.45, 2.75) is 12.8 Å². The maximum atomic E-state index is 9.03. The van der Waals surface area contributed by atoms with E-state index in [1.165, 1.54) is 12.8 Å². The van der Waals surface area contributed by atoms with E-state index in [1.807, 2.05) is 0 Å². The maximum absolute atomic E-state index is 9.03. The Morgan fingerprint density at radius 3 is 2.71 bits per heavy atom. The summed E-state index contributed by atoms with van der Waals surface area (Å²) in [6.45, 7) is 4.58. The van der Waals surface area contributed by atoms with Gasteiger partial charge in [-0.2, -0.15) is 0 Å². The van der Waals surface area contributed by atoms with Gasteiger partial charge in [-0.15, -0.1) is 0 Å². The number of nitrogens with zero attached hydrogens (tertiary/aromatic N) is 1. The number of ether oxygens (including phenoxy) is 2. The van der Waals surface area contributed by atoms with E-state index in [4.69, 9.17) is 19.5 Å². The van der Waals surface area contributed by atoms with Crippen LogP contribution in [0.1, 0.15) is 12.8 Å². The second kappa shape index (κ2) is 8.39. The minimum Gasteiger partial charge on any atom is -0.492 e. The summed E-state index contributed by atoms with van der Waals surface area (Å²) in [6, 6.07) is 6.85. The average molecular weight is 293 g/mol. The molecule has 1 aliphatic heterocycles. The Morgan fingerprint density at radius 2 is 2.05 bits per heavy atom. The highest BCUT2D eigenvalue weighted by atomic mass is 16.5. The molecule has 1 aromatic carbocycles. The van der Waals surface area contributed by atoms with E-state index in [0.29, 0.717) is 18.0 Å². The van der Waals surface area contributed by atoms with Crippen molar-refractivity contribution >= 4 is 12.6 Å². The van der Waals surface area contributed by atoms with Crippen LogP contribution in [-0.2, 0) is 4.74 Å². The SMILES string of the molecule is COCC1CCCN(CCOc2ccc(B(O)O)cc2)C1. The summed E-state index contributed by atoms with van der Waals surface area (Å²) in [6.07, 6.45) is 2.47.